The van der Waals surface area contributed by atoms with E-state index >= 15 is 0 Å². The Morgan fingerprint density at radius 2 is 2.16 bits per heavy atom. The molecular weight excluding hydrogens is 260 g/mol. The molecule has 1 aromatic carbocycles. The van der Waals surface area contributed by atoms with Crippen LogP contribution in [0.4, 0.5) is 10.5 Å². The summed E-state index contributed by atoms with van der Waals surface area (Å²) in [6.45, 7) is 4.56. The Morgan fingerprint density at radius 3 is 2.84 bits per heavy atom. The van der Waals surface area contributed by atoms with Crippen LogP contribution < -0.4 is 5.32 Å². The van der Waals surface area contributed by atoms with Crippen LogP contribution in [0.2, 0.25) is 0 Å². The van der Waals surface area contributed by atoms with E-state index in [1.54, 1.807) is 0 Å². The number of nitrogens with zero attached hydrogens (tertiary/aromatic N) is 1. The highest BCUT2D eigenvalue weighted by Gasteiger charge is 2.39. The second kappa shape index (κ2) is 6.10. The summed E-state index contributed by atoms with van der Waals surface area (Å²) >= 11 is 1.06. The van der Waals surface area contributed by atoms with Gasteiger partial charge in [-0.3, -0.25) is 14.5 Å². The number of nitrogens with one attached hydrogen (secondary N) is 1. The maximum absolute atomic E-state index is 12.1. The monoisotopic (exact) mass is 278 g/mol. The highest BCUT2D eigenvalue weighted by atomic mass is 32.2. The highest BCUT2D eigenvalue weighted by Crippen LogP contribution is 2.28. The molecule has 0 aliphatic carbocycles. The molecule has 2 amide bonds. The van der Waals surface area contributed by atoms with Crippen molar-refractivity contribution in [2.45, 2.75) is 32.1 Å². The summed E-state index contributed by atoms with van der Waals surface area (Å²) < 4.78 is 0. The van der Waals surface area contributed by atoms with Crippen molar-refractivity contribution in [1.82, 2.24) is 4.90 Å². The first-order chi connectivity index (χ1) is 9.11. The minimum absolute atomic E-state index is 0.134. The van der Waals surface area contributed by atoms with Crippen LogP contribution in [0, 0.1) is 6.92 Å². The third kappa shape index (κ3) is 3.29. The molecule has 102 valence electrons. The van der Waals surface area contributed by atoms with E-state index in [1.807, 2.05) is 38.1 Å². The first-order valence-electron chi connectivity index (χ1n) is 6.47. The lowest BCUT2D eigenvalue weighted by atomic mass is 10.2. The molecule has 1 N–H and O–H groups in total. The van der Waals surface area contributed by atoms with E-state index in [9.17, 15) is 9.59 Å². The number of carbonyl (C=O) groups is 2. The van der Waals surface area contributed by atoms with E-state index in [1.165, 1.54) is 4.90 Å². The zero-order chi connectivity index (χ0) is 13.8. The molecule has 0 spiro atoms. The standard InChI is InChI=1S/C14H18N2O2S/c1-3-4-8-16-13(17)12(19-14(16)18)15-11-7-5-6-10(2)9-11/h5-7,9,12,15H,3-4,8H2,1-2H3/t12-/m1/s1. The summed E-state index contributed by atoms with van der Waals surface area (Å²) in [5.74, 6) is -0.134. The van der Waals surface area contributed by atoms with Crippen LogP contribution in [0.15, 0.2) is 24.3 Å². The van der Waals surface area contributed by atoms with Crippen molar-refractivity contribution in [3.8, 4) is 0 Å². The summed E-state index contributed by atoms with van der Waals surface area (Å²) in [7, 11) is 0. The van der Waals surface area contributed by atoms with Gasteiger partial charge < -0.3 is 5.32 Å². The van der Waals surface area contributed by atoms with Gasteiger partial charge in [-0.15, -0.1) is 0 Å². The predicted octanol–water partition coefficient (Wildman–Crippen LogP) is 3.23. The summed E-state index contributed by atoms with van der Waals surface area (Å²) in [5, 5.41) is 2.48. The van der Waals surface area contributed by atoms with Crippen molar-refractivity contribution in [2.75, 3.05) is 11.9 Å². The number of hydrogen-bond acceptors (Lipinski definition) is 4. The van der Waals surface area contributed by atoms with Gasteiger partial charge in [-0.1, -0.05) is 25.5 Å². The van der Waals surface area contributed by atoms with Gasteiger partial charge in [0.2, 0.25) is 0 Å². The molecule has 0 bridgehead atoms. The number of thioether (sulfide) groups is 1. The first-order valence-corrected chi connectivity index (χ1v) is 7.35. The Hall–Kier alpha value is -1.49. The second-order valence-electron chi connectivity index (χ2n) is 4.62. The maximum atomic E-state index is 12.1. The quantitative estimate of drug-likeness (QED) is 0.898. The van der Waals surface area contributed by atoms with E-state index in [4.69, 9.17) is 0 Å². The molecule has 0 aromatic heterocycles. The third-order valence-electron chi connectivity index (χ3n) is 2.98. The predicted molar refractivity (Wildman–Crippen MR) is 78.2 cm³/mol. The Labute approximate surface area is 117 Å². The molecule has 1 aliphatic rings. The van der Waals surface area contributed by atoms with Gasteiger partial charge >= 0.3 is 0 Å². The molecule has 0 unspecified atom stereocenters. The number of unbranched alkanes of at least 4 members (excludes halogenated alkanes) is 1. The number of hydrogen-bond donors (Lipinski definition) is 1. The van der Waals surface area contributed by atoms with E-state index in [0.717, 1.165) is 35.9 Å². The van der Waals surface area contributed by atoms with Gasteiger partial charge in [0, 0.05) is 12.2 Å². The zero-order valence-electron chi connectivity index (χ0n) is 11.2. The van der Waals surface area contributed by atoms with Gasteiger partial charge in [-0.25, -0.2) is 0 Å². The normalized spacial score (nSPS) is 19.1. The molecule has 4 nitrogen and oxygen atoms in total. The largest absolute Gasteiger partial charge is 0.365 e. The lowest BCUT2D eigenvalue weighted by molar-refractivity contribution is -0.126. The van der Waals surface area contributed by atoms with Crippen LogP contribution in [-0.4, -0.2) is 28.0 Å². The second-order valence-corrected chi connectivity index (χ2v) is 5.68. The molecule has 1 saturated heterocycles. The smallest absolute Gasteiger partial charge is 0.290 e. The fourth-order valence-corrected chi connectivity index (χ4v) is 2.87. The van der Waals surface area contributed by atoms with Gasteiger partial charge in [0.05, 0.1) is 0 Å². The van der Waals surface area contributed by atoms with E-state index in [2.05, 4.69) is 5.32 Å². The van der Waals surface area contributed by atoms with E-state index in [-0.39, 0.29) is 11.1 Å². The number of amides is 2. The van der Waals surface area contributed by atoms with Crippen molar-refractivity contribution < 1.29 is 9.59 Å². The number of anilines is 1. The number of carbonyl (C=O) groups excluding carboxylic acids is 2. The molecule has 1 aromatic rings. The van der Waals surface area contributed by atoms with Crippen LogP contribution in [0.1, 0.15) is 25.3 Å². The molecule has 1 atom stereocenters. The van der Waals surface area contributed by atoms with Gasteiger partial charge in [0.1, 0.15) is 0 Å². The number of aryl methyl sites for hydroxylation is 1. The highest BCUT2D eigenvalue weighted by molar-refractivity contribution is 8.15. The summed E-state index contributed by atoms with van der Waals surface area (Å²) in [6, 6.07) is 7.79. The summed E-state index contributed by atoms with van der Waals surface area (Å²) in [6.07, 6.45) is 1.83. The minimum atomic E-state index is -0.494. The fourth-order valence-electron chi connectivity index (χ4n) is 1.94. The van der Waals surface area contributed by atoms with Crippen molar-refractivity contribution in [3.05, 3.63) is 29.8 Å². The summed E-state index contributed by atoms with van der Waals surface area (Å²) in [4.78, 5) is 25.3. The number of imide groups is 1. The van der Waals surface area contributed by atoms with Gasteiger partial charge in [-0.05, 0) is 42.8 Å². The topological polar surface area (TPSA) is 49.4 Å². The van der Waals surface area contributed by atoms with E-state index in [0.29, 0.717) is 6.54 Å². The Bertz CT molecular complexity index is 490. The summed E-state index contributed by atoms with van der Waals surface area (Å²) in [5.41, 5.74) is 1.99. The molecular formula is C14H18N2O2S. The molecule has 1 fully saturated rings. The number of benzene rings is 1. The van der Waals surface area contributed by atoms with Gasteiger partial charge in [0.25, 0.3) is 11.1 Å². The van der Waals surface area contributed by atoms with Crippen molar-refractivity contribution in [1.29, 1.82) is 0 Å². The lowest BCUT2D eigenvalue weighted by Gasteiger charge is -2.14. The Morgan fingerprint density at radius 1 is 1.37 bits per heavy atom. The fraction of sp³-hybridized carbons (Fsp3) is 0.429. The molecule has 5 heteroatoms. The van der Waals surface area contributed by atoms with Crippen molar-refractivity contribution >= 4 is 28.6 Å². The molecule has 1 heterocycles. The van der Waals surface area contributed by atoms with Gasteiger partial charge in [0.15, 0.2) is 5.37 Å². The third-order valence-corrected chi connectivity index (χ3v) is 3.96. The van der Waals surface area contributed by atoms with Crippen LogP contribution in [-0.2, 0) is 4.79 Å². The van der Waals surface area contributed by atoms with E-state index < -0.39 is 5.37 Å². The molecule has 19 heavy (non-hydrogen) atoms. The average molecular weight is 278 g/mol. The van der Waals surface area contributed by atoms with Gasteiger partial charge in [-0.2, -0.15) is 0 Å². The van der Waals surface area contributed by atoms with Crippen LogP contribution in [0.25, 0.3) is 0 Å². The molecule has 0 radical (unpaired) electrons. The Balaban J connectivity index is 2.02. The lowest BCUT2D eigenvalue weighted by Crippen LogP contribution is -2.35. The maximum Gasteiger partial charge on any atom is 0.290 e. The molecule has 2 rings (SSSR count). The molecule has 1 aliphatic heterocycles. The first kappa shape index (κ1) is 13.9. The average Bonchev–Trinajstić information content (AvgIpc) is 2.62. The van der Waals surface area contributed by atoms with Crippen molar-refractivity contribution in [3.63, 3.8) is 0 Å². The molecule has 0 saturated carbocycles. The van der Waals surface area contributed by atoms with Crippen molar-refractivity contribution in [2.24, 2.45) is 0 Å². The van der Waals surface area contributed by atoms with Crippen LogP contribution in [0.3, 0.4) is 0 Å². The zero-order valence-corrected chi connectivity index (χ0v) is 12.0. The minimum Gasteiger partial charge on any atom is -0.365 e. The number of rotatable bonds is 5. The van der Waals surface area contributed by atoms with Crippen LogP contribution >= 0.6 is 11.8 Å². The van der Waals surface area contributed by atoms with Crippen LogP contribution in [0.5, 0.6) is 0 Å². The Kier molecular flexibility index (Phi) is 4.47. The SMILES string of the molecule is CCCCN1C(=O)S[C@@H](Nc2cccc(C)c2)C1=O.